The predicted molar refractivity (Wildman–Crippen MR) is 54.6 cm³/mol. The molecule has 0 radical (unpaired) electrons. The Morgan fingerprint density at radius 1 is 0.923 bits per heavy atom. The van der Waals surface area contributed by atoms with Crippen molar-refractivity contribution in [3.05, 3.63) is 0 Å². The van der Waals surface area contributed by atoms with Crippen LogP contribution in [0.3, 0.4) is 0 Å². The van der Waals surface area contributed by atoms with Gasteiger partial charge in [0, 0.05) is 25.7 Å². The minimum absolute atomic E-state index is 0.0104. The zero-order valence-electron chi connectivity index (χ0n) is 8.87. The molecule has 0 amide bonds. The molecule has 0 fully saturated rings. The van der Waals surface area contributed by atoms with Crippen molar-refractivity contribution < 1.29 is 15.3 Å². The van der Waals surface area contributed by atoms with E-state index in [9.17, 15) is 0 Å². The summed E-state index contributed by atoms with van der Waals surface area (Å²) in [6.07, 6.45) is 4.00. The Morgan fingerprint density at radius 2 is 1.38 bits per heavy atom. The number of aliphatic hydroxyl groups is 3. The first kappa shape index (κ1) is 15.4. The maximum atomic E-state index is 8.51. The highest BCUT2D eigenvalue weighted by Gasteiger charge is 2.03. The summed E-state index contributed by atoms with van der Waals surface area (Å²) in [5, 5.41) is 25.4. The van der Waals surface area contributed by atoms with E-state index in [1.54, 1.807) is 0 Å². The second-order valence-electron chi connectivity index (χ2n) is 3.10. The molecule has 0 atom stereocenters. The van der Waals surface area contributed by atoms with Crippen LogP contribution >= 0.6 is 0 Å². The summed E-state index contributed by atoms with van der Waals surface area (Å²) in [6, 6.07) is 0. The highest BCUT2D eigenvalue weighted by atomic mass is 16.3. The molecule has 0 aromatic rings. The lowest BCUT2D eigenvalue weighted by Gasteiger charge is -2.07. The van der Waals surface area contributed by atoms with Gasteiger partial charge >= 0.3 is 0 Å². The largest absolute Gasteiger partial charge is 0.396 e. The normalized spacial score (nSPS) is 9.69. The van der Waals surface area contributed by atoms with E-state index < -0.39 is 0 Å². The summed E-state index contributed by atoms with van der Waals surface area (Å²) in [6.45, 7) is 4.52. The summed E-state index contributed by atoms with van der Waals surface area (Å²) in [5.41, 5.74) is 0. The van der Waals surface area contributed by atoms with E-state index >= 15 is 0 Å². The Balaban J connectivity index is 0. The fourth-order valence-electron chi connectivity index (χ4n) is 0.620. The molecule has 0 aliphatic heterocycles. The van der Waals surface area contributed by atoms with E-state index in [0.717, 1.165) is 0 Å². The van der Waals surface area contributed by atoms with Crippen molar-refractivity contribution >= 4 is 0 Å². The lowest BCUT2D eigenvalue weighted by Crippen LogP contribution is -2.11. The van der Waals surface area contributed by atoms with Crippen molar-refractivity contribution in [3.8, 4) is 0 Å². The fraction of sp³-hybridized carbons (Fsp3) is 1.00. The maximum Gasteiger partial charge on any atom is 0.0481 e. The van der Waals surface area contributed by atoms with E-state index in [2.05, 4.69) is 13.8 Å². The lowest BCUT2D eigenvalue weighted by molar-refractivity contribution is 0.136. The zero-order valence-corrected chi connectivity index (χ0v) is 8.87. The van der Waals surface area contributed by atoms with Gasteiger partial charge in [-0.1, -0.05) is 26.7 Å². The highest BCUT2D eigenvalue weighted by Crippen LogP contribution is 2.02. The van der Waals surface area contributed by atoms with Crippen molar-refractivity contribution in [1.82, 2.24) is 0 Å². The summed E-state index contributed by atoms with van der Waals surface area (Å²) >= 11 is 0. The predicted octanol–water partition coefficient (Wildman–Crippen LogP) is 1.17. The molecule has 13 heavy (non-hydrogen) atoms. The molecule has 3 N–H and O–H groups in total. The number of rotatable bonds is 6. The Hall–Kier alpha value is -0.120. The Bertz CT molecular complexity index is 70.6. The van der Waals surface area contributed by atoms with Crippen LogP contribution in [0.5, 0.6) is 0 Å². The Kier molecular flexibility index (Phi) is 17.0. The first-order valence-corrected chi connectivity index (χ1v) is 5.09. The summed E-state index contributed by atoms with van der Waals surface area (Å²) in [4.78, 5) is 0. The van der Waals surface area contributed by atoms with E-state index in [-0.39, 0.29) is 25.7 Å². The summed E-state index contributed by atoms with van der Waals surface area (Å²) < 4.78 is 0. The molecule has 0 aromatic heterocycles. The zero-order chi connectivity index (χ0) is 10.5. The summed E-state index contributed by atoms with van der Waals surface area (Å²) in [5.74, 6) is -0.0443. The Labute approximate surface area is 81.4 Å². The van der Waals surface area contributed by atoms with Gasteiger partial charge in [-0.05, 0) is 12.8 Å². The molecule has 3 nitrogen and oxygen atoms in total. The minimum atomic E-state index is -0.0443. The number of hydrogen-bond acceptors (Lipinski definition) is 3. The van der Waals surface area contributed by atoms with Crippen LogP contribution in [0, 0.1) is 5.92 Å². The van der Waals surface area contributed by atoms with Crippen LogP contribution in [-0.4, -0.2) is 35.1 Å². The molecule has 0 rings (SSSR count). The highest BCUT2D eigenvalue weighted by molar-refractivity contribution is 4.53. The molecule has 0 aromatic carbocycles. The van der Waals surface area contributed by atoms with Crippen molar-refractivity contribution in [2.75, 3.05) is 19.8 Å². The molecule has 0 bridgehead atoms. The molecule has 0 saturated carbocycles. The smallest absolute Gasteiger partial charge is 0.0481 e. The van der Waals surface area contributed by atoms with Gasteiger partial charge in [-0.25, -0.2) is 0 Å². The third-order valence-electron chi connectivity index (χ3n) is 1.79. The SMILES string of the molecule is CCCC.OCCCC(CO)CO. The van der Waals surface area contributed by atoms with Crippen LogP contribution in [0.2, 0.25) is 0 Å². The van der Waals surface area contributed by atoms with Crippen LogP contribution in [0.15, 0.2) is 0 Å². The van der Waals surface area contributed by atoms with Gasteiger partial charge in [-0.3, -0.25) is 0 Å². The van der Waals surface area contributed by atoms with Crippen LogP contribution in [0.4, 0.5) is 0 Å². The van der Waals surface area contributed by atoms with Gasteiger partial charge in [0.2, 0.25) is 0 Å². The number of unbranched alkanes of at least 4 members (excludes halogenated alkanes) is 1. The van der Waals surface area contributed by atoms with Gasteiger partial charge < -0.3 is 15.3 Å². The van der Waals surface area contributed by atoms with Crippen LogP contribution in [-0.2, 0) is 0 Å². The van der Waals surface area contributed by atoms with Crippen molar-refractivity contribution in [2.45, 2.75) is 39.5 Å². The quantitative estimate of drug-likeness (QED) is 0.592. The molecule has 0 aliphatic rings. The second kappa shape index (κ2) is 14.4. The third kappa shape index (κ3) is 14.7. The van der Waals surface area contributed by atoms with E-state index in [0.29, 0.717) is 12.8 Å². The molecule has 0 spiro atoms. The minimum Gasteiger partial charge on any atom is -0.396 e. The van der Waals surface area contributed by atoms with Crippen LogP contribution in [0.25, 0.3) is 0 Å². The number of hydrogen-bond donors (Lipinski definition) is 3. The maximum absolute atomic E-state index is 8.51. The van der Waals surface area contributed by atoms with Gasteiger partial charge in [0.25, 0.3) is 0 Å². The standard InChI is InChI=1S/C6H14O3.C4H10/c7-3-1-2-6(4-8)5-9;1-3-4-2/h6-9H,1-5H2;3-4H2,1-2H3. The first-order valence-electron chi connectivity index (χ1n) is 5.09. The lowest BCUT2D eigenvalue weighted by atomic mass is 10.1. The number of aliphatic hydroxyl groups excluding tert-OH is 3. The van der Waals surface area contributed by atoms with Crippen LogP contribution in [0.1, 0.15) is 39.5 Å². The van der Waals surface area contributed by atoms with Crippen molar-refractivity contribution in [3.63, 3.8) is 0 Å². The van der Waals surface area contributed by atoms with Crippen molar-refractivity contribution in [1.29, 1.82) is 0 Å². The second-order valence-corrected chi connectivity index (χ2v) is 3.10. The average molecular weight is 192 g/mol. The van der Waals surface area contributed by atoms with E-state index in [1.807, 2.05) is 0 Å². The molecular formula is C10H24O3. The molecule has 0 heterocycles. The van der Waals surface area contributed by atoms with Gasteiger partial charge in [0.05, 0.1) is 0 Å². The molecule has 82 valence electrons. The summed E-state index contributed by atoms with van der Waals surface area (Å²) in [7, 11) is 0. The Morgan fingerprint density at radius 3 is 1.62 bits per heavy atom. The molecule has 0 saturated heterocycles. The van der Waals surface area contributed by atoms with E-state index in [4.69, 9.17) is 15.3 Å². The molecule has 3 heteroatoms. The third-order valence-corrected chi connectivity index (χ3v) is 1.79. The first-order chi connectivity index (χ1) is 6.26. The molecular weight excluding hydrogens is 168 g/mol. The monoisotopic (exact) mass is 192 g/mol. The van der Waals surface area contributed by atoms with E-state index in [1.165, 1.54) is 12.8 Å². The van der Waals surface area contributed by atoms with Gasteiger partial charge in [0.1, 0.15) is 0 Å². The fourth-order valence-corrected chi connectivity index (χ4v) is 0.620. The topological polar surface area (TPSA) is 60.7 Å². The molecule has 0 unspecified atom stereocenters. The van der Waals surface area contributed by atoms with Crippen molar-refractivity contribution in [2.24, 2.45) is 5.92 Å². The van der Waals surface area contributed by atoms with Gasteiger partial charge in [-0.2, -0.15) is 0 Å². The molecule has 0 aliphatic carbocycles. The average Bonchev–Trinajstić information content (AvgIpc) is 2.20. The van der Waals surface area contributed by atoms with Gasteiger partial charge in [0.15, 0.2) is 0 Å². The van der Waals surface area contributed by atoms with Gasteiger partial charge in [-0.15, -0.1) is 0 Å². The van der Waals surface area contributed by atoms with Crippen LogP contribution < -0.4 is 0 Å².